The van der Waals surface area contributed by atoms with E-state index in [1.54, 1.807) is 7.11 Å². The lowest BCUT2D eigenvalue weighted by atomic mass is 10.2. The van der Waals surface area contributed by atoms with E-state index in [4.69, 9.17) is 10.00 Å². The Kier molecular flexibility index (Phi) is 1.22. The first-order valence-corrected chi connectivity index (χ1v) is 2.73. The zero-order valence-corrected chi connectivity index (χ0v) is 4.98. The third-order valence-corrected chi connectivity index (χ3v) is 1.51. The minimum Gasteiger partial charge on any atom is -0.383 e. The minimum absolute atomic E-state index is 0.0747. The fraction of sp³-hybridized carbons (Fsp3) is 0.833. The summed E-state index contributed by atoms with van der Waals surface area (Å²) in [4.78, 5) is 0. The topological polar surface area (TPSA) is 33.0 Å². The van der Waals surface area contributed by atoms with E-state index in [0.717, 1.165) is 12.8 Å². The van der Waals surface area contributed by atoms with E-state index < -0.39 is 0 Å². The van der Waals surface area contributed by atoms with Gasteiger partial charge < -0.3 is 4.74 Å². The average Bonchev–Trinajstić information content (AvgIpc) is 2.50. The zero-order valence-electron chi connectivity index (χ0n) is 4.98. The summed E-state index contributed by atoms with van der Waals surface area (Å²) in [5.41, 5.74) is -0.0747. The number of hydrogen-bond donors (Lipinski definition) is 0. The highest BCUT2D eigenvalue weighted by molar-refractivity contribution is 5.09. The van der Waals surface area contributed by atoms with Crippen LogP contribution in [0.25, 0.3) is 0 Å². The van der Waals surface area contributed by atoms with Gasteiger partial charge in [0.25, 0.3) is 0 Å². The molecule has 0 aromatic rings. The van der Waals surface area contributed by atoms with Gasteiger partial charge in [0.05, 0.1) is 18.1 Å². The Morgan fingerprint density at radius 3 is 2.50 bits per heavy atom. The maximum absolute atomic E-state index is 8.46. The average molecular weight is 111 g/mol. The van der Waals surface area contributed by atoms with Crippen LogP contribution in [0, 0.1) is 16.7 Å². The van der Waals surface area contributed by atoms with Gasteiger partial charge in [0.2, 0.25) is 0 Å². The maximum Gasteiger partial charge on any atom is 0.0807 e. The van der Waals surface area contributed by atoms with Crippen LogP contribution in [0.15, 0.2) is 0 Å². The smallest absolute Gasteiger partial charge is 0.0807 e. The number of methoxy groups -OCH3 is 1. The van der Waals surface area contributed by atoms with Crippen LogP contribution >= 0.6 is 0 Å². The highest BCUT2D eigenvalue weighted by Crippen LogP contribution is 2.44. The summed E-state index contributed by atoms with van der Waals surface area (Å²) in [5, 5.41) is 8.46. The van der Waals surface area contributed by atoms with Gasteiger partial charge in [-0.15, -0.1) is 0 Å². The number of rotatable bonds is 2. The van der Waals surface area contributed by atoms with Gasteiger partial charge in [-0.3, -0.25) is 0 Å². The Labute approximate surface area is 49.1 Å². The van der Waals surface area contributed by atoms with Gasteiger partial charge in [-0.05, 0) is 12.8 Å². The van der Waals surface area contributed by atoms with Crippen molar-refractivity contribution in [2.75, 3.05) is 13.7 Å². The second kappa shape index (κ2) is 1.75. The van der Waals surface area contributed by atoms with Crippen LogP contribution in [0.3, 0.4) is 0 Å². The predicted molar refractivity (Wildman–Crippen MR) is 29.2 cm³/mol. The molecule has 0 amide bonds. The van der Waals surface area contributed by atoms with Gasteiger partial charge in [-0.2, -0.15) is 5.26 Å². The van der Waals surface area contributed by atoms with Crippen LogP contribution in [0.1, 0.15) is 12.8 Å². The number of ether oxygens (including phenoxy) is 1. The van der Waals surface area contributed by atoms with Crippen LogP contribution in [-0.2, 0) is 4.74 Å². The van der Waals surface area contributed by atoms with Crippen molar-refractivity contribution in [2.24, 2.45) is 5.41 Å². The summed E-state index contributed by atoms with van der Waals surface area (Å²) in [6, 6.07) is 2.23. The highest BCUT2D eigenvalue weighted by Gasteiger charge is 2.42. The van der Waals surface area contributed by atoms with Crippen LogP contribution < -0.4 is 0 Å². The number of hydrogen-bond acceptors (Lipinski definition) is 2. The summed E-state index contributed by atoms with van der Waals surface area (Å²) in [5.74, 6) is 0. The molecule has 1 aliphatic rings. The Morgan fingerprint density at radius 1 is 1.75 bits per heavy atom. The van der Waals surface area contributed by atoms with E-state index in [9.17, 15) is 0 Å². The standard InChI is InChI=1S/C6H9NO/c1-8-5-6(4-7)2-3-6/h2-3,5H2,1H3. The monoisotopic (exact) mass is 111 g/mol. The molecular weight excluding hydrogens is 102 g/mol. The van der Waals surface area contributed by atoms with Crippen LogP contribution in [0.5, 0.6) is 0 Å². The maximum atomic E-state index is 8.46. The first kappa shape index (κ1) is 5.58. The summed E-state index contributed by atoms with van der Waals surface area (Å²) >= 11 is 0. The van der Waals surface area contributed by atoms with E-state index >= 15 is 0 Å². The summed E-state index contributed by atoms with van der Waals surface area (Å²) in [6.45, 7) is 0.615. The fourth-order valence-corrected chi connectivity index (χ4v) is 0.716. The quantitative estimate of drug-likeness (QED) is 0.531. The van der Waals surface area contributed by atoms with Crippen LogP contribution in [-0.4, -0.2) is 13.7 Å². The Bertz CT molecular complexity index is 121. The van der Waals surface area contributed by atoms with Crippen molar-refractivity contribution in [3.05, 3.63) is 0 Å². The van der Waals surface area contributed by atoms with Crippen molar-refractivity contribution in [2.45, 2.75) is 12.8 Å². The molecule has 0 aromatic carbocycles. The van der Waals surface area contributed by atoms with E-state index in [2.05, 4.69) is 6.07 Å². The molecule has 0 radical (unpaired) electrons. The molecule has 8 heavy (non-hydrogen) atoms. The van der Waals surface area contributed by atoms with Gasteiger partial charge in [0, 0.05) is 7.11 Å². The molecule has 0 N–H and O–H groups in total. The second-order valence-corrected chi connectivity index (χ2v) is 2.33. The molecule has 1 rings (SSSR count). The van der Waals surface area contributed by atoms with Gasteiger partial charge in [0.15, 0.2) is 0 Å². The summed E-state index contributed by atoms with van der Waals surface area (Å²) in [6.07, 6.45) is 2.05. The minimum atomic E-state index is -0.0747. The molecular formula is C6H9NO. The predicted octanol–water partition coefficient (Wildman–Crippen LogP) is 0.937. The molecule has 44 valence electrons. The normalized spacial score (nSPS) is 22.0. The third kappa shape index (κ3) is 0.823. The van der Waals surface area contributed by atoms with Crippen LogP contribution in [0.2, 0.25) is 0 Å². The van der Waals surface area contributed by atoms with Gasteiger partial charge >= 0.3 is 0 Å². The molecule has 1 fully saturated rings. The molecule has 1 aliphatic carbocycles. The second-order valence-electron chi connectivity index (χ2n) is 2.33. The van der Waals surface area contributed by atoms with Crippen molar-refractivity contribution in [3.8, 4) is 6.07 Å². The zero-order chi connectivity index (χ0) is 6.04. The Morgan fingerprint density at radius 2 is 2.38 bits per heavy atom. The molecule has 0 heterocycles. The Hall–Kier alpha value is -0.550. The van der Waals surface area contributed by atoms with Crippen molar-refractivity contribution >= 4 is 0 Å². The lowest BCUT2D eigenvalue weighted by molar-refractivity contribution is 0.164. The molecule has 0 atom stereocenters. The van der Waals surface area contributed by atoms with Gasteiger partial charge in [-0.25, -0.2) is 0 Å². The molecule has 0 aliphatic heterocycles. The molecule has 2 heteroatoms. The molecule has 1 saturated carbocycles. The van der Waals surface area contributed by atoms with E-state index in [1.165, 1.54) is 0 Å². The third-order valence-electron chi connectivity index (χ3n) is 1.51. The van der Waals surface area contributed by atoms with Crippen molar-refractivity contribution in [1.29, 1.82) is 5.26 Å². The molecule has 2 nitrogen and oxygen atoms in total. The number of nitrogens with zero attached hydrogens (tertiary/aromatic N) is 1. The Balaban J connectivity index is 2.33. The van der Waals surface area contributed by atoms with Crippen molar-refractivity contribution in [1.82, 2.24) is 0 Å². The molecule has 0 aromatic heterocycles. The summed E-state index contributed by atoms with van der Waals surface area (Å²) in [7, 11) is 1.64. The molecule has 0 unspecified atom stereocenters. The lowest BCUT2D eigenvalue weighted by Crippen LogP contribution is -2.04. The van der Waals surface area contributed by atoms with Crippen molar-refractivity contribution < 1.29 is 4.74 Å². The van der Waals surface area contributed by atoms with Gasteiger partial charge in [0.1, 0.15) is 0 Å². The molecule has 0 bridgehead atoms. The first-order valence-electron chi connectivity index (χ1n) is 2.73. The molecule has 0 saturated heterocycles. The molecule has 0 spiro atoms. The van der Waals surface area contributed by atoms with Gasteiger partial charge in [-0.1, -0.05) is 0 Å². The fourth-order valence-electron chi connectivity index (χ4n) is 0.716. The first-order chi connectivity index (χ1) is 3.83. The lowest BCUT2D eigenvalue weighted by Gasteiger charge is -1.99. The van der Waals surface area contributed by atoms with Crippen molar-refractivity contribution in [3.63, 3.8) is 0 Å². The van der Waals surface area contributed by atoms with Crippen LogP contribution in [0.4, 0.5) is 0 Å². The SMILES string of the molecule is COCC1(C#N)CC1. The van der Waals surface area contributed by atoms with E-state index in [1.807, 2.05) is 0 Å². The van der Waals surface area contributed by atoms with E-state index in [0.29, 0.717) is 6.61 Å². The highest BCUT2D eigenvalue weighted by atomic mass is 16.5. The summed E-state index contributed by atoms with van der Waals surface area (Å²) < 4.78 is 4.84. The largest absolute Gasteiger partial charge is 0.383 e. The number of nitriles is 1. The van der Waals surface area contributed by atoms with E-state index in [-0.39, 0.29) is 5.41 Å².